The Bertz CT molecular complexity index is 1030. The molecule has 1 atom stereocenters. The van der Waals surface area contributed by atoms with E-state index in [1.54, 1.807) is 62.6 Å². The molecular formula is C26H33N3O6. The lowest BCUT2D eigenvalue weighted by atomic mass is 10.0. The van der Waals surface area contributed by atoms with Crippen LogP contribution in [-0.4, -0.2) is 69.1 Å². The topological polar surface area (TPSA) is 106 Å². The standard InChI is InChI=1S/C26H33N3O6/c1-17(30)27-22(15-18-5-10-23(34-3)24(16-18)35-4)25(31)28-20-11-13-29(14-12-20)26(32)19-6-8-21(33-2)9-7-19/h5-10,16,20,22H,11-15H2,1-4H3,(H,27,30)(H,28,31). The van der Waals surface area contributed by atoms with Crippen LogP contribution in [0.5, 0.6) is 17.2 Å². The van der Waals surface area contributed by atoms with Gasteiger partial charge in [-0.05, 0) is 54.8 Å². The summed E-state index contributed by atoms with van der Waals surface area (Å²) in [6.07, 6.45) is 1.58. The van der Waals surface area contributed by atoms with Crippen LogP contribution >= 0.6 is 0 Å². The number of nitrogens with one attached hydrogen (secondary N) is 2. The van der Waals surface area contributed by atoms with Crippen LogP contribution in [0, 0.1) is 0 Å². The Hall–Kier alpha value is -3.75. The molecule has 3 amide bonds. The molecule has 0 aliphatic carbocycles. The van der Waals surface area contributed by atoms with Crippen molar-refractivity contribution in [1.29, 1.82) is 0 Å². The van der Waals surface area contributed by atoms with Crippen molar-refractivity contribution in [2.75, 3.05) is 34.4 Å². The fourth-order valence-electron chi connectivity index (χ4n) is 4.14. The predicted octanol–water partition coefficient (Wildman–Crippen LogP) is 2.18. The molecule has 9 heteroatoms. The molecule has 0 bridgehead atoms. The Morgan fingerprint density at radius 2 is 1.60 bits per heavy atom. The third kappa shape index (κ3) is 6.88. The molecular weight excluding hydrogens is 450 g/mol. The van der Waals surface area contributed by atoms with Gasteiger partial charge in [0.15, 0.2) is 11.5 Å². The molecule has 0 radical (unpaired) electrons. The van der Waals surface area contributed by atoms with E-state index in [9.17, 15) is 14.4 Å². The predicted molar refractivity (Wildman–Crippen MR) is 131 cm³/mol. The minimum atomic E-state index is -0.732. The summed E-state index contributed by atoms with van der Waals surface area (Å²) in [5, 5.41) is 5.79. The molecule has 9 nitrogen and oxygen atoms in total. The average Bonchev–Trinajstić information content (AvgIpc) is 2.88. The molecule has 0 aromatic heterocycles. The molecule has 1 aliphatic rings. The molecule has 0 spiro atoms. The molecule has 2 N–H and O–H groups in total. The van der Waals surface area contributed by atoms with Crippen molar-refractivity contribution >= 4 is 17.7 Å². The maximum Gasteiger partial charge on any atom is 0.253 e. The number of nitrogens with zero attached hydrogens (tertiary/aromatic N) is 1. The Kier molecular flexibility index (Phi) is 8.94. The van der Waals surface area contributed by atoms with Crippen LogP contribution in [0.1, 0.15) is 35.7 Å². The van der Waals surface area contributed by atoms with E-state index in [-0.39, 0.29) is 23.8 Å². The number of amides is 3. The van der Waals surface area contributed by atoms with Gasteiger partial charge in [-0.3, -0.25) is 14.4 Å². The molecule has 35 heavy (non-hydrogen) atoms. The Morgan fingerprint density at radius 3 is 2.17 bits per heavy atom. The van der Waals surface area contributed by atoms with E-state index >= 15 is 0 Å². The minimum absolute atomic E-state index is 0.0398. The van der Waals surface area contributed by atoms with Gasteiger partial charge in [-0.2, -0.15) is 0 Å². The second-order valence-corrected chi connectivity index (χ2v) is 8.45. The second kappa shape index (κ2) is 12.1. The molecule has 1 aliphatic heterocycles. The van der Waals surface area contributed by atoms with Gasteiger partial charge in [-0.15, -0.1) is 0 Å². The van der Waals surface area contributed by atoms with Gasteiger partial charge < -0.3 is 29.7 Å². The zero-order valence-corrected chi connectivity index (χ0v) is 20.6. The van der Waals surface area contributed by atoms with Gasteiger partial charge in [0.2, 0.25) is 11.8 Å². The summed E-state index contributed by atoms with van der Waals surface area (Å²) < 4.78 is 15.8. The number of methoxy groups -OCH3 is 3. The van der Waals surface area contributed by atoms with E-state index < -0.39 is 6.04 Å². The average molecular weight is 484 g/mol. The van der Waals surface area contributed by atoms with Gasteiger partial charge in [0, 0.05) is 38.0 Å². The lowest BCUT2D eigenvalue weighted by molar-refractivity contribution is -0.128. The van der Waals surface area contributed by atoms with Crippen LogP contribution in [0.25, 0.3) is 0 Å². The first-order chi connectivity index (χ1) is 16.8. The van der Waals surface area contributed by atoms with Crippen molar-refractivity contribution < 1.29 is 28.6 Å². The lowest BCUT2D eigenvalue weighted by Crippen LogP contribution is -2.53. The number of hydrogen-bond acceptors (Lipinski definition) is 6. The van der Waals surface area contributed by atoms with E-state index in [0.29, 0.717) is 55.2 Å². The maximum absolute atomic E-state index is 13.1. The van der Waals surface area contributed by atoms with Gasteiger partial charge in [-0.1, -0.05) is 6.07 Å². The first-order valence-electron chi connectivity index (χ1n) is 11.6. The Morgan fingerprint density at radius 1 is 0.943 bits per heavy atom. The first kappa shape index (κ1) is 25.9. The quantitative estimate of drug-likeness (QED) is 0.566. The first-order valence-corrected chi connectivity index (χ1v) is 11.6. The molecule has 2 aromatic carbocycles. The Balaban J connectivity index is 1.58. The third-order valence-electron chi connectivity index (χ3n) is 6.05. The van der Waals surface area contributed by atoms with Crippen molar-refractivity contribution in [2.45, 2.75) is 38.3 Å². The van der Waals surface area contributed by atoms with Gasteiger partial charge in [0.25, 0.3) is 5.91 Å². The number of likely N-dealkylation sites (tertiary alicyclic amines) is 1. The van der Waals surface area contributed by atoms with Crippen LogP contribution in [0.3, 0.4) is 0 Å². The normalized spacial score (nSPS) is 14.6. The van der Waals surface area contributed by atoms with Crippen molar-refractivity contribution in [1.82, 2.24) is 15.5 Å². The number of carbonyl (C=O) groups is 3. The summed E-state index contributed by atoms with van der Waals surface area (Å²) in [5.74, 6) is 1.26. The number of benzene rings is 2. The van der Waals surface area contributed by atoms with Crippen molar-refractivity contribution in [3.05, 3.63) is 53.6 Å². The summed E-state index contributed by atoms with van der Waals surface area (Å²) in [5.41, 5.74) is 1.44. The van der Waals surface area contributed by atoms with Gasteiger partial charge in [0.1, 0.15) is 11.8 Å². The minimum Gasteiger partial charge on any atom is -0.497 e. The zero-order valence-electron chi connectivity index (χ0n) is 20.6. The summed E-state index contributed by atoms with van der Waals surface area (Å²) in [6.45, 7) is 2.46. The summed E-state index contributed by atoms with van der Waals surface area (Å²) in [6, 6.07) is 11.6. The summed E-state index contributed by atoms with van der Waals surface area (Å²) >= 11 is 0. The van der Waals surface area contributed by atoms with Crippen molar-refractivity contribution in [3.8, 4) is 17.2 Å². The molecule has 3 rings (SSSR count). The fourth-order valence-corrected chi connectivity index (χ4v) is 4.14. The second-order valence-electron chi connectivity index (χ2n) is 8.45. The number of ether oxygens (including phenoxy) is 3. The van der Waals surface area contributed by atoms with Crippen LogP contribution in [0.2, 0.25) is 0 Å². The number of rotatable bonds is 9. The highest BCUT2D eigenvalue weighted by Gasteiger charge is 2.28. The highest BCUT2D eigenvalue weighted by molar-refractivity contribution is 5.94. The molecule has 2 aromatic rings. The van der Waals surface area contributed by atoms with E-state index in [0.717, 1.165) is 5.56 Å². The molecule has 1 unspecified atom stereocenters. The number of hydrogen-bond donors (Lipinski definition) is 2. The Labute approximate surface area is 205 Å². The SMILES string of the molecule is COc1ccc(C(=O)N2CCC(NC(=O)C(Cc3ccc(OC)c(OC)c3)NC(C)=O)CC2)cc1. The van der Waals surface area contributed by atoms with Crippen molar-refractivity contribution in [3.63, 3.8) is 0 Å². The number of carbonyl (C=O) groups excluding carboxylic acids is 3. The molecule has 1 saturated heterocycles. The summed E-state index contributed by atoms with van der Waals surface area (Å²) in [4.78, 5) is 39.4. The van der Waals surface area contributed by atoms with Crippen LogP contribution in [-0.2, 0) is 16.0 Å². The molecule has 0 saturated carbocycles. The monoisotopic (exact) mass is 483 g/mol. The number of piperidine rings is 1. The van der Waals surface area contributed by atoms with Gasteiger partial charge in [0.05, 0.1) is 21.3 Å². The smallest absolute Gasteiger partial charge is 0.253 e. The highest BCUT2D eigenvalue weighted by Crippen LogP contribution is 2.28. The van der Waals surface area contributed by atoms with Crippen LogP contribution < -0.4 is 24.8 Å². The van der Waals surface area contributed by atoms with Crippen molar-refractivity contribution in [2.24, 2.45) is 0 Å². The molecule has 1 heterocycles. The van der Waals surface area contributed by atoms with E-state index in [1.165, 1.54) is 6.92 Å². The van der Waals surface area contributed by atoms with Gasteiger partial charge in [-0.25, -0.2) is 0 Å². The molecule has 188 valence electrons. The largest absolute Gasteiger partial charge is 0.497 e. The van der Waals surface area contributed by atoms with E-state index in [2.05, 4.69) is 10.6 Å². The van der Waals surface area contributed by atoms with E-state index in [1.807, 2.05) is 6.07 Å². The highest BCUT2D eigenvalue weighted by atomic mass is 16.5. The summed E-state index contributed by atoms with van der Waals surface area (Å²) in [7, 11) is 4.69. The zero-order chi connectivity index (χ0) is 25.4. The maximum atomic E-state index is 13.1. The van der Waals surface area contributed by atoms with Gasteiger partial charge >= 0.3 is 0 Å². The van der Waals surface area contributed by atoms with E-state index in [4.69, 9.17) is 14.2 Å². The lowest BCUT2D eigenvalue weighted by Gasteiger charge is -2.33. The fraction of sp³-hybridized carbons (Fsp3) is 0.423. The van der Waals surface area contributed by atoms with Crippen LogP contribution in [0.15, 0.2) is 42.5 Å². The molecule has 1 fully saturated rings. The third-order valence-corrected chi connectivity index (χ3v) is 6.05. The van der Waals surface area contributed by atoms with Crippen LogP contribution in [0.4, 0.5) is 0 Å².